The average molecular weight is 381 g/mol. The first-order valence-electron chi connectivity index (χ1n) is 9.25. The van der Waals surface area contributed by atoms with Crippen molar-refractivity contribution in [2.45, 2.75) is 25.2 Å². The normalized spacial score (nSPS) is 16.9. The van der Waals surface area contributed by atoms with E-state index in [0.717, 1.165) is 18.4 Å². The predicted molar refractivity (Wildman–Crippen MR) is 101 cm³/mol. The maximum absolute atomic E-state index is 13.3. The maximum atomic E-state index is 13.3. The zero-order valence-corrected chi connectivity index (χ0v) is 15.2. The number of benzene rings is 1. The molecule has 1 atom stereocenters. The number of aromatic amines is 1. The van der Waals surface area contributed by atoms with Gasteiger partial charge in [0.15, 0.2) is 5.89 Å². The largest absolute Gasteiger partial charge is 0.445 e. The molecule has 144 valence electrons. The van der Waals surface area contributed by atoms with Gasteiger partial charge in [0.2, 0.25) is 5.56 Å². The van der Waals surface area contributed by atoms with Crippen LogP contribution in [-0.2, 0) is 6.42 Å². The molecular weight excluding hydrogens is 361 g/mol. The highest BCUT2D eigenvalue weighted by atomic mass is 19.1. The van der Waals surface area contributed by atoms with Crippen LogP contribution in [0.25, 0.3) is 0 Å². The van der Waals surface area contributed by atoms with E-state index in [1.807, 2.05) is 6.07 Å². The Morgan fingerprint density at radius 1 is 1.32 bits per heavy atom. The van der Waals surface area contributed by atoms with E-state index in [2.05, 4.69) is 9.97 Å². The lowest BCUT2D eigenvalue weighted by Crippen LogP contribution is -2.39. The van der Waals surface area contributed by atoms with E-state index in [4.69, 9.17) is 4.42 Å². The molecule has 1 aliphatic heterocycles. The Kier molecular flexibility index (Phi) is 5.06. The smallest absolute Gasteiger partial charge is 0.255 e. The Hall–Kier alpha value is -3.22. The van der Waals surface area contributed by atoms with Gasteiger partial charge in [0, 0.05) is 31.8 Å². The molecule has 0 bridgehead atoms. The third-order valence-corrected chi connectivity index (χ3v) is 4.93. The highest BCUT2D eigenvalue weighted by Gasteiger charge is 2.28. The number of hydrogen-bond acceptors (Lipinski definition) is 4. The summed E-state index contributed by atoms with van der Waals surface area (Å²) < 4.78 is 19.2. The molecule has 7 heteroatoms. The number of aromatic nitrogens is 2. The van der Waals surface area contributed by atoms with Crippen molar-refractivity contribution in [3.05, 3.63) is 87.7 Å². The summed E-state index contributed by atoms with van der Waals surface area (Å²) in [5, 5.41) is 0. The van der Waals surface area contributed by atoms with Gasteiger partial charge in [-0.15, -0.1) is 0 Å². The fourth-order valence-electron chi connectivity index (χ4n) is 3.53. The van der Waals surface area contributed by atoms with Crippen LogP contribution in [0.3, 0.4) is 0 Å². The van der Waals surface area contributed by atoms with Gasteiger partial charge in [-0.1, -0.05) is 12.1 Å². The molecule has 1 unspecified atom stereocenters. The van der Waals surface area contributed by atoms with Gasteiger partial charge in [0.1, 0.15) is 11.6 Å². The third-order valence-electron chi connectivity index (χ3n) is 4.93. The Morgan fingerprint density at radius 3 is 3.00 bits per heavy atom. The molecule has 6 nitrogen and oxygen atoms in total. The Labute approximate surface area is 161 Å². The molecule has 0 saturated carbocycles. The van der Waals surface area contributed by atoms with Gasteiger partial charge in [-0.25, -0.2) is 9.37 Å². The van der Waals surface area contributed by atoms with Crippen LogP contribution in [0.4, 0.5) is 4.39 Å². The van der Waals surface area contributed by atoms with Crippen molar-refractivity contribution in [3.8, 4) is 0 Å². The Balaban J connectivity index is 1.44. The summed E-state index contributed by atoms with van der Waals surface area (Å²) in [5.41, 5.74) is 1.04. The van der Waals surface area contributed by atoms with Gasteiger partial charge in [-0.3, -0.25) is 9.59 Å². The lowest BCUT2D eigenvalue weighted by Gasteiger charge is -2.31. The number of amides is 1. The van der Waals surface area contributed by atoms with Gasteiger partial charge in [-0.2, -0.15) is 0 Å². The topological polar surface area (TPSA) is 79.2 Å². The first kappa shape index (κ1) is 18.2. The first-order valence-corrected chi connectivity index (χ1v) is 9.25. The van der Waals surface area contributed by atoms with Gasteiger partial charge in [0.05, 0.1) is 17.7 Å². The summed E-state index contributed by atoms with van der Waals surface area (Å²) in [4.78, 5) is 32.6. The second kappa shape index (κ2) is 7.80. The van der Waals surface area contributed by atoms with Crippen molar-refractivity contribution in [3.63, 3.8) is 0 Å². The number of piperidine rings is 1. The summed E-state index contributed by atoms with van der Waals surface area (Å²) in [6.45, 7) is 1.17. The summed E-state index contributed by atoms with van der Waals surface area (Å²) in [7, 11) is 0. The van der Waals surface area contributed by atoms with Crippen LogP contribution in [0.2, 0.25) is 0 Å². The summed E-state index contributed by atoms with van der Waals surface area (Å²) in [6, 6.07) is 9.28. The summed E-state index contributed by atoms with van der Waals surface area (Å²) in [6.07, 6.45) is 5.31. The Bertz CT molecular complexity index is 1020. The zero-order chi connectivity index (χ0) is 19.5. The van der Waals surface area contributed by atoms with E-state index in [-0.39, 0.29) is 23.2 Å². The number of oxazole rings is 1. The fraction of sp³-hybridized carbons (Fsp3) is 0.286. The summed E-state index contributed by atoms with van der Waals surface area (Å²) in [5.74, 6) is 0.894. The van der Waals surface area contributed by atoms with Crippen molar-refractivity contribution >= 4 is 5.91 Å². The molecule has 1 aromatic carbocycles. The van der Waals surface area contributed by atoms with Crippen molar-refractivity contribution < 1.29 is 13.6 Å². The van der Waals surface area contributed by atoms with E-state index in [1.54, 1.807) is 17.2 Å². The number of carbonyl (C=O) groups excluding carboxylic acids is 1. The van der Waals surface area contributed by atoms with Crippen LogP contribution in [0.15, 0.2) is 58.0 Å². The van der Waals surface area contributed by atoms with Crippen molar-refractivity contribution in [2.24, 2.45) is 0 Å². The van der Waals surface area contributed by atoms with Crippen LogP contribution in [0.5, 0.6) is 0 Å². The number of pyridine rings is 1. The number of hydrogen-bond donors (Lipinski definition) is 1. The second-order valence-corrected chi connectivity index (χ2v) is 7.00. The highest BCUT2D eigenvalue weighted by Crippen LogP contribution is 2.28. The SMILES string of the molecule is O=C(c1ccc(=O)[nH]c1)N1CCCC(c2ncc(Cc3cccc(F)c3)o2)C1. The quantitative estimate of drug-likeness (QED) is 0.753. The molecule has 1 N–H and O–H groups in total. The monoisotopic (exact) mass is 381 g/mol. The molecule has 3 aromatic rings. The van der Waals surface area contributed by atoms with E-state index >= 15 is 0 Å². The number of H-pyrrole nitrogens is 1. The molecule has 28 heavy (non-hydrogen) atoms. The van der Waals surface area contributed by atoms with E-state index in [9.17, 15) is 14.0 Å². The van der Waals surface area contributed by atoms with Crippen molar-refractivity contribution in [1.82, 2.24) is 14.9 Å². The number of rotatable bonds is 4. The minimum Gasteiger partial charge on any atom is -0.445 e. The molecule has 0 aliphatic carbocycles. The van der Waals surface area contributed by atoms with Gasteiger partial charge in [0.25, 0.3) is 5.91 Å². The number of carbonyl (C=O) groups is 1. The molecule has 0 spiro atoms. The van der Waals surface area contributed by atoms with Crippen LogP contribution >= 0.6 is 0 Å². The second-order valence-electron chi connectivity index (χ2n) is 7.00. The fourth-order valence-corrected chi connectivity index (χ4v) is 3.53. The molecule has 1 amide bonds. The Morgan fingerprint density at radius 2 is 2.21 bits per heavy atom. The van der Waals surface area contributed by atoms with Crippen molar-refractivity contribution in [2.75, 3.05) is 13.1 Å². The molecule has 3 heterocycles. The van der Waals surface area contributed by atoms with Crippen LogP contribution in [-0.4, -0.2) is 33.9 Å². The molecular formula is C21H20FN3O3. The van der Waals surface area contributed by atoms with E-state index in [1.165, 1.54) is 30.5 Å². The number of nitrogens with zero attached hydrogens (tertiary/aromatic N) is 2. The van der Waals surface area contributed by atoms with Crippen LogP contribution < -0.4 is 5.56 Å². The summed E-state index contributed by atoms with van der Waals surface area (Å²) >= 11 is 0. The van der Waals surface area contributed by atoms with Crippen LogP contribution in [0, 0.1) is 5.82 Å². The molecule has 2 aromatic heterocycles. The van der Waals surface area contributed by atoms with E-state index < -0.39 is 0 Å². The molecule has 1 aliphatic rings. The molecule has 1 fully saturated rings. The van der Waals surface area contributed by atoms with Gasteiger partial charge >= 0.3 is 0 Å². The average Bonchev–Trinajstić information content (AvgIpc) is 3.17. The minimum atomic E-state index is -0.277. The predicted octanol–water partition coefficient (Wildman–Crippen LogP) is 3.11. The lowest BCUT2D eigenvalue weighted by molar-refractivity contribution is 0.0697. The molecule has 1 saturated heterocycles. The lowest BCUT2D eigenvalue weighted by atomic mass is 9.97. The van der Waals surface area contributed by atoms with Crippen LogP contribution in [0.1, 0.15) is 46.3 Å². The molecule has 0 radical (unpaired) electrons. The highest BCUT2D eigenvalue weighted by molar-refractivity contribution is 5.93. The number of likely N-dealkylation sites (tertiary alicyclic amines) is 1. The minimum absolute atomic E-state index is 0.0155. The third kappa shape index (κ3) is 4.03. The van der Waals surface area contributed by atoms with Gasteiger partial charge < -0.3 is 14.3 Å². The maximum Gasteiger partial charge on any atom is 0.255 e. The van der Waals surface area contributed by atoms with Gasteiger partial charge in [-0.05, 0) is 36.6 Å². The first-order chi connectivity index (χ1) is 13.6. The standard InChI is InChI=1S/C21H20FN3O3/c22-17-5-1-3-14(9-17)10-18-12-24-20(28-18)16-4-2-8-25(13-16)21(27)15-6-7-19(26)23-11-15/h1,3,5-7,9,11-12,16H,2,4,8,10,13H2,(H,23,26). The number of halogens is 1. The zero-order valence-electron chi connectivity index (χ0n) is 15.2. The molecule has 4 rings (SSSR count). The number of nitrogens with one attached hydrogen (secondary N) is 1. The van der Waals surface area contributed by atoms with Crippen molar-refractivity contribution in [1.29, 1.82) is 0 Å². The van der Waals surface area contributed by atoms with E-state index in [0.29, 0.717) is 36.7 Å².